The number of hydrogen-bond acceptors (Lipinski definition) is 3. The minimum absolute atomic E-state index is 0.488. The summed E-state index contributed by atoms with van der Waals surface area (Å²) in [5, 5.41) is 0. The lowest BCUT2D eigenvalue weighted by molar-refractivity contribution is 0.404. The van der Waals surface area contributed by atoms with Gasteiger partial charge >= 0.3 is 0 Å². The summed E-state index contributed by atoms with van der Waals surface area (Å²) < 4.78 is 5.78. The first-order valence-corrected chi connectivity index (χ1v) is 4.26. The summed E-state index contributed by atoms with van der Waals surface area (Å²) in [5.41, 5.74) is 5.40. The van der Waals surface area contributed by atoms with E-state index in [-0.39, 0.29) is 0 Å². The molecule has 0 saturated heterocycles. The SMILES string of the molecule is Nc1cc(OCI)ccn1. The Hall–Kier alpha value is -0.520. The third kappa shape index (κ3) is 2.02. The molecule has 2 N–H and O–H groups in total. The highest BCUT2D eigenvalue weighted by Crippen LogP contribution is 2.11. The molecule has 0 saturated carbocycles. The van der Waals surface area contributed by atoms with Crippen LogP contribution in [0.2, 0.25) is 0 Å². The topological polar surface area (TPSA) is 48.1 Å². The number of halogens is 1. The number of pyridine rings is 1. The number of rotatable bonds is 2. The molecule has 0 aliphatic rings. The molecule has 0 fully saturated rings. The van der Waals surface area contributed by atoms with Gasteiger partial charge in [0.25, 0.3) is 0 Å². The van der Waals surface area contributed by atoms with Crippen molar-refractivity contribution in [2.45, 2.75) is 0 Å². The van der Waals surface area contributed by atoms with Gasteiger partial charge in [0.15, 0.2) is 0 Å². The van der Waals surface area contributed by atoms with Crippen molar-refractivity contribution >= 4 is 28.4 Å². The van der Waals surface area contributed by atoms with Crippen LogP contribution in [0.1, 0.15) is 0 Å². The number of nitrogens with zero attached hydrogens (tertiary/aromatic N) is 1. The highest BCUT2D eigenvalue weighted by Gasteiger charge is 1.91. The van der Waals surface area contributed by atoms with Gasteiger partial charge in [-0.15, -0.1) is 0 Å². The molecule has 0 spiro atoms. The van der Waals surface area contributed by atoms with Crippen LogP contribution < -0.4 is 10.5 Å². The van der Waals surface area contributed by atoms with Crippen molar-refractivity contribution in [3.8, 4) is 5.75 Å². The van der Waals surface area contributed by atoms with Crippen molar-refractivity contribution in [3.63, 3.8) is 0 Å². The van der Waals surface area contributed by atoms with E-state index >= 15 is 0 Å². The quantitative estimate of drug-likeness (QED) is 0.638. The monoisotopic (exact) mass is 250 g/mol. The van der Waals surface area contributed by atoms with Crippen molar-refractivity contribution in [1.82, 2.24) is 4.98 Å². The Labute approximate surface area is 72.7 Å². The fourth-order valence-corrected chi connectivity index (χ4v) is 0.940. The molecule has 0 aliphatic heterocycles. The molecule has 54 valence electrons. The van der Waals surface area contributed by atoms with Crippen LogP contribution >= 0.6 is 22.6 Å². The average molecular weight is 250 g/mol. The van der Waals surface area contributed by atoms with Gasteiger partial charge in [0, 0.05) is 12.3 Å². The number of hydrogen-bond donors (Lipinski definition) is 1. The third-order valence-corrected chi connectivity index (χ3v) is 1.29. The summed E-state index contributed by atoms with van der Waals surface area (Å²) in [7, 11) is 0. The number of nitrogens with two attached hydrogens (primary N) is 1. The predicted octanol–water partition coefficient (Wildman–Crippen LogP) is 1.44. The molecule has 1 aromatic heterocycles. The third-order valence-electron chi connectivity index (χ3n) is 0.974. The van der Waals surface area contributed by atoms with E-state index < -0.39 is 0 Å². The first-order chi connectivity index (χ1) is 4.83. The van der Waals surface area contributed by atoms with E-state index in [4.69, 9.17) is 10.5 Å². The van der Waals surface area contributed by atoms with Gasteiger partial charge in [0.1, 0.15) is 16.2 Å². The zero-order valence-corrected chi connectivity index (χ0v) is 7.41. The fourth-order valence-electron chi connectivity index (χ4n) is 0.581. The molecule has 1 aromatic rings. The second-order valence-corrected chi connectivity index (χ2v) is 2.29. The van der Waals surface area contributed by atoms with Crippen LogP contribution in [-0.2, 0) is 0 Å². The maximum absolute atomic E-state index is 5.40. The van der Waals surface area contributed by atoms with Crippen LogP contribution in [0.15, 0.2) is 18.3 Å². The number of nitrogen functional groups attached to an aromatic ring is 1. The summed E-state index contributed by atoms with van der Waals surface area (Å²) >= 11 is 2.12. The minimum atomic E-state index is 0.488. The highest BCUT2D eigenvalue weighted by molar-refractivity contribution is 14.1. The number of anilines is 1. The Morgan fingerprint density at radius 2 is 2.50 bits per heavy atom. The second-order valence-electron chi connectivity index (χ2n) is 1.67. The maximum atomic E-state index is 5.40. The molecule has 0 amide bonds. The molecule has 4 heteroatoms. The van der Waals surface area contributed by atoms with Gasteiger partial charge in [-0.3, -0.25) is 0 Å². The van der Waals surface area contributed by atoms with E-state index in [0.29, 0.717) is 10.4 Å². The Morgan fingerprint density at radius 1 is 1.70 bits per heavy atom. The van der Waals surface area contributed by atoms with E-state index in [1.807, 2.05) is 0 Å². The lowest BCUT2D eigenvalue weighted by Crippen LogP contribution is -1.92. The molecule has 0 atom stereocenters. The highest BCUT2D eigenvalue weighted by atomic mass is 127. The van der Waals surface area contributed by atoms with Crippen molar-refractivity contribution in [2.75, 3.05) is 10.3 Å². The molecule has 0 unspecified atom stereocenters. The van der Waals surface area contributed by atoms with Gasteiger partial charge in [-0.1, -0.05) is 0 Å². The van der Waals surface area contributed by atoms with Gasteiger partial charge in [0.2, 0.25) is 0 Å². The minimum Gasteiger partial charge on any atom is -0.483 e. The molecule has 0 radical (unpaired) electrons. The first kappa shape index (κ1) is 7.59. The lowest BCUT2D eigenvalue weighted by Gasteiger charge is -2.00. The lowest BCUT2D eigenvalue weighted by atomic mass is 10.4. The molecule has 1 heterocycles. The molecule has 1 rings (SSSR count). The number of alkyl halides is 1. The molecular formula is C6H7IN2O. The largest absolute Gasteiger partial charge is 0.483 e. The van der Waals surface area contributed by atoms with Crippen LogP contribution in [0.5, 0.6) is 5.75 Å². The molecule has 10 heavy (non-hydrogen) atoms. The van der Waals surface area contributed by atoms with Crippen LogP contribution in [-0.4, -0.2) is 9.60 Å². The van der Waals surface area contributed by atoms with Gasteiger partial charge in [0.05, 0.1) is 0 Å². The predicted molar refractivity (Wildman–Crippen MR) is 48.2 cm³/mol. The summed E-state index contributed by atoms with van der Waals surface area (Å²) in [6, 6.07) is 3.47. The van der Waals surface area contributed by atoms with E-state index in [1.54, 1.807) is 18.3 Å². The van der Waals surface area contributed by atoms with Gasteiger partial charge in [-0.25, -0.2) is 4.98 Å². The van der Waals surface area contributed by atoms with Crippen molar-refractivity contribution in [1.29, 1.82) is 0 Å². The average Bonchev–Trinajstić information content (AvgIpc) is 1.88. The summed E-state index contributed by atoms with van der Waals surface area (Å²) in [6.45, 7) is 0. The van der Waals surface area contributed by atoms with Crippen molar-refractivity contribution in [3.05, 3.63) is 18.3 Å². The summed E-state index contributed by atoms with van der Waals surface area (Å²) in [5.74, 6) is 1.25. The Balaban J connectivity index is 2.75. The Kier molecular flexibility index (Phi) is 2.73. The van der Waals surface area contributed by atoms with E-state index in [0.717, 1.165) is 5.75 Å². The van der Waals surface area contributed by atoms with Gasteiger partial charge < -0.3 is 10.5 Å². The van der Waals surface area contributed by atoms with Crippen LogP contribution in [0.3, 0.4) is 0 Å². The zero-order chi connectivity index (χ0) is 7.40. The maximum Gasteiger partial charge on any atom is 0.139 e. The Morgan fingerprint density at radius 3 is 3.10 bits per heavy atom. The zero-order valence-electron chi connectivity index (χ0n) is 5.25. The Bertz CT molecular complexity index is 217. The second kappa shape index (κ2) is 3.60. The molecule has 0 aliphatic carbocycles. The van der Waals surface area contributed by atoms with Gasteiger partial charge in [-0.2, -0.15) is 0 Å². The van der Waals surface area contributed by atoms with Crippen LogP contribution in [0, 0.1) is 0 Å². The van der Waals surface area contributed by atoms with Crippen LogP contribution in [0.4, 0.5) is 5.82 Å². The number of aromatic nitrogens is 1. The van der Waals surface area contributed by atoms with E-state index in [1.165, 1.54) is 0 Å². The smallest absolute Gasteiger partial charge is 0.139 e. The molecule has 0 aromatic carbocycles. The summed E-state index contributed by atoms with van der Waals surface area (Å²) in [6.07, 6.45) is 1.62. The van der Waals surface area contributed by atoms with Gasteiger partial charge in [-0.05, 0) is 28.7 Å². The van der Waals surface area contributed by atoms with E-state index in [2.05, 4.69) is 27.6 Å². The molecule has 0 bridgehead atoms. The normalized spacial score (nSPS) is 9.30. The molecule has 3 nitrogen and oxygen atoms in total. The summed E-state index contributed by atoms with van der Waals surface area (Å²) in [4.78, 5) is 3.82. The molecular weight excluding hydrogens is 243 g/mol. The number of ether oxygens (including phenoxy) is 1. The standard InChI is InChI=1S/C6H7IN2O/c7-4-10-5-1-2-9-6(8)3-5/h1-3H,4H2,(H2,8,9). The first-order valence-electron chi connectivity index (χ1n) is 2.73. The van der Waals surface area contributed by atoms with E-state index in [9.17, 15) is 0 Å². The fraction of sp³-hybridized carbons (Fsp3) is 0.167. The van der Waals surface area contributed by atoms with Crippen molar-refractivity contribution < 1.29 is 4.74 Å². The van der Waals surface area contributed by atoms with Crippen molar-refractivity contribution in [2.24, 2.45) is 0 Å². The van der Waals surface area contributed by atoms with Crippen LogP contribution in [0.25, 0.3) is 0 Å².